The van der Waals surface area contributed by atoms with Gasteiger partial charge in [-0.1, -0.05) is 54.0 Å². The van der Waals surface area contributed by atoms with Crippen LogP contribution < -0.4 is 0 Å². The summed E-state index contributed by atoms with van der Waals surface area (Å²) >= 11 is 3.50. The van der Waals surface area contributed by atoms with Gasteiger partial charge in [0.2, 0.25) is 0 Å². The van der Waals surface area contributed by atoms with Crippen LogP contribution in [0.1, 0.15) is 30.9 Å². The van der Waals surface area contributed by atoms with Gasteiger partial charge in [-0.3, -0.25) is 4.90 Å². The first-order valence-corrected chi connectivity index (χ1v) is 7.65. The second kappa shape index (κ2) is 8.68. The predicted octanol–water partition coefficient (Wildman–Crippen LogP) is 3.65. The molecule has 0 saturated heterocycles. The highest BCUT2D eigenvalue weighted by Gasteiger charge is 2.05. The molecular weight excluding hydrogens is 290 g/mol. The molecule has 0 heterocycles. The van der Waals surface area contributed by atoms with E-state index in [1.165, 1.54) is 11.1 Å². The number of benzene rings is 1. The highest BCUT2D eigenvalue weighted by molar-refractivity contribution is 9.09. The fourth-order valence-electron chi connectivity index (χ4n) is 1.88. The quantitative estimate of drug-likeness (QED) is 0.679. The zero-order valence-corrected chi connectivity index (χ0v) is 13.2. The van der Waals surface area contributed by atoms with Crippen LogP contribution in [0.15, 0.2) is 24.3 Å². The standard InChI is InChI=1S/C15H24BrNO/c1-13(2)15-6-4-14(5-7-15)12-17(9-8-16)10-11-18-3/h4-7,13H,8-12H2,1-3H3. The molecule has 0 aliphatic heterocycles. The highest BCUT2D eigenvalue weighted by Crippen LogP contribution is 2.15. The monoisotopic (exact) mass is 313 g/mol. The Bertz CT molecular complexity index is 324. The molecule has 0 fully saturated rings. The van der Waals surface area contributed by atoms with Crippen molar-refractivity contribution in [2.24, 2.45) is 0 Å². The number of alkyl halides is 1. The smallest absolute Gasteiger partial charge is 0.0589 e. The molecule has 3 heteroatoms. The van der Waals surface area contributed by atoms with Gasteiger partial charge in [0, 0.05) is 32.1 Å². The molecule has 18 heavy (non-hydrogen) atoms. The maximum absolute atomic E-state index is 5.15. The van der Waals surface area contributed by atoms with E-state index in [1.807, 2.05) is 0 Å². The summed E-state index contributed by atoms with van der Waals surface area (Å²) in [5, 5.41) is 1.00. The number of hydrogen-bond donors (Lipinski definition) is 0. The van der Waals surface area contributed by atoms with Crippen LogP contribution in [0.2, 0.25) is 0 Å². The maximum atomic E-state index is 5.15. The Morgan fingerprint density at radius 3 is 2.33 bits per heavy atom. The van der Waals surface area contributed by atoms with Gasteiger partial charge in [0.1, 0.15) is 0 Å². The molecule has 0 amide bonds. The second-order valence-electron chi connectivity index (χ2n) is 4.85. The molecular formula is C15H24BrNO. The molecule has 1 aromatic carbocycles. The minimum Gasteiger partial charge on any atom is -0.383 e. The van der Waals surface area contributed by atoms with E-state index in [2.05, 4.69) is 58.9 Å². The van der Waals surface area contributed by atoms with Crippen LogP contribution in [0.5, 0.6) is 0 Å². The molecule has 0 aromatic heterocycles. The van der Waals surface area contributed by atoms with Crippen LogP contribution in [0.25, 0.3) is 0 Å². The normalized spacial score (nSPS) is 11.4. The van der Waals surface area contributed by atoms with Crippen LogP contribution in [0, 0.1) is 0 Å². The lowest BCUT2D eigenvalue weighted by Crippen LogP contribution is -2.28. The van der Waals surface area contributed by atoms with Crippen LogP contribution in [-0.4, -0.2) is 37.0 Å². The molecule has 0 aliphatic carbocycles. The Balaban J connectivity index is 2.56. The number of hydrogen-bond acceptors (Lipinski definition) is 2. The lowest BCUT2D eigenvalue weighted by atomic mass is 10.0. The van der Waals surface area contributed by atoms with Crippen LogP contribution >= 0.6 is 15.9 Å². The van der Waals surface area contributed by atoms with Gasteiger partial charge in [-0.05, 0) is 17.0 Å². The van der Waals surface area contributed by atoms with Gasteiger partial charge in [-0.2, -0.15) is 0 Å². The van der Waals surface area contributed by atoms with Gasteiger partial charge in [-0.25, -0.2) is 0 Å². The van der Waals surface area contributed by atoms with Crippen molar-refractivity contribution in [3.63, 3.8) is 0 Å². The topological polar surface area (TPSA) is 12.5 Å². The summed E-state index contributed by atoms with van der Waals surface area (Å²) < 4.78 is 5.15. The third-order valence-corrected chi connectivity index (χ3v) is 3.42. The van der Waals surface area contributed by atoms with E-state index in [0.29, 0.717) is 5.92 Å². The molecule has 1 aromatic rings. The van der Waals surface area contributed by atoms with Crippen molar-refractivity contribution in [2.45, 2.75) is 26.3 Å². The van der Waals surface area contributed by atoms with E-state index >= 15 is 0 Å². The number of nitrogens with zero attached hydrogens (tertiary/aromatic N) is 1. The van der Waals surface area contributed by atoms with E-state index in [1.54, 1.807) is 7.11 Å². The van der Waals surface area contributed by atoms with Gasteiger partial charge in [-0.15, -0.1) is 0 Å². The molecule has 1 rings (SSSR count). The molecule has 0 radical (unpaired) electrons. The van der Waals surface area contributed by atoms with Crippen LogP contribution in [0.4, 0.5) is 0 Å². The van der Waals surface area contributed by atoms with Crippen molar-refractivity contribution >= 4 is 15.9 Å². The predicted molar refractivity (Wildman–Crippen MR) is 81.5 cm³/mol. The molecule has 0 atom stereocenters. The van der Waals surface area contributed by atoms with Crippen molar-refractivity contribution in [2.75, 3.05) is 32.1 Å². The maximum Gasteiger partial charge on any atom is 0.0589 e. The van der Waals surface area contributed by atoms with Gasteiger partial charge < -0.3 is 4.74 Å². The summed E-state index contributed by atoms with van der Waals surface area (Å²) in [7, 11) is 1.75. The molecule has 102 valence electrons. The van der Waals surface area contributed by atoms with Crippen molar-refractivity contribution in [3.8, 4) is 0 Å². The zero-order valence-electron chi connectivity index (χ0n) is 11.7. The summed E-state index contributed by atoms with van der Waals surface area (Å²) in [5.74, 6) is 0.603. The van der Waals surface area contributed by atoms with E-state index < -0.39 is 0 Å². The molecule has 0 saturated carbocycles. The minimum atomic E-state index is 0.603. The summed E-state index contributed by atoms with van der Waals surface area (Å²) in [6, 6.07) is 8.96. The summed E-state index contributed by atoms with van der Waals surface area (Å²) in [6.45, 7) is 8.27. The number of ether oxygens (including phenoxy) is 1. The average Bonchev–Trinajstić information content (AvgIpc) is 2.37. The van der Waals surface area contributed by atoms with Crippen LogP contribution in [-0.2, 0) is 11.3 Å². The minimum absolute atomic E-state index is 0.603. The van der Waals surface area contributed by atoms with Gasteiger partial charge in [0.25, 0.3) is 0 Å². The first-order valence-electron chi connectivity index (χ1n) is 6.53. The Morgan fingerprint density at radius 1 is 1.17 bits per heavy atom. The van der Waals surface area contributed by atoms with E-state index in [0.717, 1.165) is 31.6 Å². The third-order valence-electron chi connectivity index (χ3n) is 3.06. The van der Waals surface area contributed by atoms with Crippen molar-refractivity contribution in [3.05, 3.63) is 35.4 Å². The average molecular weight is 314 g/mol. The summed E-state index contributed by atoms with van der Waals surface area (Å²) in [4.78, 5) is 2.41. The Hall–Kier alpha value is -0.380. The van der Waals surface area contributed by atoms with Gasteiger partial charge >= 0.3 is 0 Å². The SMILES string of the molecule is COCCN(CCBr)Cc1ccc(C(C)C)cc1. The number of methoxy groups -OCH3 is 1. The zero-order chi connectivity index (χ0) is 13.4. The van der Waals surface area contributed by atoms with E-state index in [4.69, 9.17) is 4.74 Å². The third kappa shape index (κ3) is 5.51. The Morgan fingerprint density at radius 2 is 1.83 bits per heavy atom. The molecule has 0 spiro atoms. The Labute approximate surface area is 119 Å². The fourth-order valence-corrected chi connectivity index (χ4v) is 2.38. The Kier molecular flexibility index (Phi) is 7.56. The largest absolute Gasteiger partial charge is 0.383 e. The van der Waals surface area contributed by atoms with E-state index in [9.17, 15) is 0 Å². The van der Waals surface area contributed by atoms with Crippen molar-refractivity contribution in [1.82, 2.24) is 4.90 Å². The lowest BCUT2D eigenvalue weighted by molar-refractivity contribution is 0.148. The molecule has 0 unspecified atom stereocenters. The fraction of sp³-hybridized carbons (Fsp3) is 0.600. The van der Waals surface area contributed by atoms with Crippen molar-refractivity contribution in [1.29, 1.82) is 0 Å². The first-order chi connectivity index (χ1) is 8.67. The molecule has 2 nitrogen and oxygen atoms in total. The summed E-state index contributed by atoms with van der Waals surface area (Å²) in [6.07, 6.45) is 0. The lowest BCUT2D eigenvalue weighted by Gasteiger charge is -2.21. The molecule has 0 aliphatic rings. The van der Waals surface area contributed by atoms with Crippen molar-refractivity contribution < 1.29 is 4.74 Å². The highest BCUT2D eigenvalue weighted by atomic mass is 79.9. The van der Waals surface area contributed by atoms with Gasteiger partial charge in [0.05, 0.1) is 6.61 Å². The second-order valence-corrected chi connectivity index (χ2v) is 5.65. The number of rotatable bonds is 8. The molecule has 0 N–H and O–H groups in total. The van der Waals surface area contributed by atoms with Gasteiger partial charge in [0.15, 0.2) is 0 Å². The first kappa shape index (κ1) is 15.7. The van der Waals surface area contributed by atoms with Crippen LogP contribution in [0.3, 0.4) is 0 Å². The molecule has 0 bridgehead atoms. The summed E-state index contributed by atoms with van der Waals surface area (Å²) in [5.41, 5.74) is 2.78. The number of halogens is 1. The van der Waals surface area contributed by atoms with E-state index in [-0.39, 0.29) is 0 Å².